The van der Waals surface area contributed by atoms with E-state index in [1.165, 1.54) is 11.8 Å². The van der Waals surface area contributed by atoms with E-state index in [9.17, 15) is 4.79 Å². The standard InChI is InChI=1S/C15H11BrO4S/c16-11-7-9(15(17)18)1-4-14(11)21-10-2-3-12-13(8-10)20-6-5-19-12/h1-4,7-8H,5-6H2,(H,17,18). The second kappa shape index (κ2) is 5.99. The number of benzene rings is 2. The molecule has 0 unspecified atom stereocenters. The van der Waals surface area contributed by atoms with Crippen molar-refractivity contribution in [2.45, 2.75) is 9.79 Å². The summed E-state index contributed by atoms with van der Waals surface area (Å²) in [6, 6.07) is 10.7. The maximum absolute atomic E-state index is 10.9. The van der Waals surface area contributed by atoms with Crippen molar-refractivity contribution in [2.75, 3.05) is 13.2 Å². The van der Waals surface area contributed by atoms with Crippen LogP contribution in [0.25, 0.3) is 0 Å². The Labute approximate surface area is 134 Å². The van der Waals surface area contributed by atoms with E-state index in [1.807, 2.05) is 18.2 Å². The second-order valence-electron chi connectivity index (χ2n) is 4.36. The molecule has 0 atom stereocenters. The Kier molecular flexibility index (Phi) is 4.07. The fourth-order valence-electron chi connectivity index (χ4n) is 1.93. The van der Waals surface area contributed by atoms with Gasteiger partial charge >= 0.3 is 5.97 Å². The minimum Gasteiger partial charge on any atom is -0.486 e. The molecular weight excluding hydrogens is 356 g/mol. The number of carboxylic acid groups (broad SMARTS) is 1. The van der Waals surface area contributed by atoms with Gasteiger partial charge in [-0.1, -0.05) is 11.8 Å². The SMILES string of the molecule is O=C(O)c1ccc(Sc2ccc3c(c2)OCCO3)c(Br)c1. The highest BCUT2D eigenvalue weighted by molar-refractivity contribution is 9.10. The van der Waals surface area contributed by atoms with Crippen molar-refractivity contribution < 1.29 is 19.4 Å². The smallest absolute Gasteiger partial charge is 0.335 e. The van der Waals surface area contributed by atoms with Crippen LogP contribution >= 0.6 is 27.7 Å². The van der Waals surface area contributed by atoms with Gasteiger partial charge in [-0.3, -0.25) is 0 Å². The Hall–Kier alpha value is -1.66. The first-order valence-electron chi connectivity index (χ1n) is 6.24. The van der Waals surface area contributed by atoms with Gasteiger partial charge in [-0.15, -0.1) is 0 Å². The fraction of sp³-hybridized carbons (Fsp3) is 0.133. The van der Waals surface area contributed by atoms with E-state index < -0.39 is 5.97 Å². The molecule has 0 saturated heterocycles. The lowest BCUT2D eigenvalue weighted by molar-refractivity contribution is 0.0696. The molecule has 1 aliphatic heterocycles. The molecule has 0 amide bonds. The number of rotatable bonds is 3. The predicted octanol–water partition coefficient (Wildman–Crippen LogP) is 4.07. The number of hydrogen-bond acceptors (Lipinski definition) is 4. The van der Waals surface area contributed by atoms with Crippen molar-refractivity contribution in [1.29, 1.82) is 0 Å². The summed E-state index contributed by atoms with van der Waals surface area (Å²) in [6.45, 7) is 1.12. The highest BCUT2D eigenvalue weighted by Crippen LogP contribution is 2.39. The quantitative estimate of drug-likeness (QED) is 0.886. The van der Waals surface area contributed by atoms with Crippen LogP contribution in [0.5, 0.6) is 11.5 Å². The van der Waals surface area contributed by atoms with Gasteiger partial charge in [0, 0.05) is 14.3 Å². The Morgan fingerprint density at radius 2 is 1.86 bits per heavy atom. The molecule has 0 bridgehead atoms. The highest BCUT2D eigenvalue weighted by Gasteiger charge is 2.13. The average molecular weight is 367 g/mol. The first-order chi connectivity index (χ1) is 10.1. The lowest BCUT2D eigenvalue weighted by Crippen LogP contribution is -2.15. The molecular formula is C15H11BrO4S. The van der Waals surface area contributed by atoms with E-state index in [0.29, 0.717) is 13.2 Å². The first kappa shape index (κ1) is 14.3. The summed E-state index contributed by atoms with van der Waals surface area (Å²) in [6.07, 6.45) is 0. The van der Waals surface area contributed by atoms with E-state index in [0.717, 1.165) is 25.8 Å². The summed E-state index contributed by atoms with van der Waals surface area (Å²) in [7, 11) is 0. The van der Waals surface area contributed by atoms with E-state index >= 15 is 0 Å². The first-order valence-corrected chi connectivity index (χ1v) is 7.85. The van der Waals surface area contributed by atoms with Crippen LogP contribution in [-0.2, 0) is 0 Å². The molecule has 0 saturated carbocycles. The van der Waals surface area contributed by atoms with Gasteiger partial charge in [-0.2, -0.15) is 0 Å². The number of aromatic carboxylic acids is 1. The molecule has 0 aromatic heterocycles. The number of carboxylic acids is 1. The molecule has 4 nitrogen and oxygen atoms in total. The van der Waals surface area contributed by atoms with Crippen LogP contribution in [0.1, 0.15) is 10.4 Å². The third-order valence-corrected chi connectivity index (χ3v) is 4.90. The maximum Gasteiger partial charge on any atom is 0.335 e. The highest BCUT2D eigenvalue weighted by atomic mass is 79.9. The zero-order valence-electron chi connectivity index (χ0n) is 10.8. The molecule has 1 aliphatic rings. The van der Waals surface area contributed by atoms with Gasteiger partial charge in [-0.05, 0) is 52.3 Å². The number of ether oxygens (including phenoxy) is 2. The molecule has 2 aromatic carbocycles. The summed E-state index contributed by atoms with van der Waals surface area (Å²) in [5.74, 6) is 0.557. The summed E-state index contributed by atoms with van der Waals surface area (Å²) in [5.41, 5.74) is 0.258. The Bertz CT molecular complexity index is 702. The third kappa shape index (κ3) is 3.16. The predicted molar refractivity (Wildman–Crippen MR) is 82.7 cm³/mol. The van der Waals surface area contributed by atoms with Crippen molar-refractivity contribution in [2.24, 2.45) is 0 Å². The van der Waals surface area contributed by atoms with E-state index in [1.54, 1.807) is 18.2 Å². The van der Waals surface area contributed by atoms with Gasteiger partial charge in [0.2, 0.25) is 0 Å². The zero-order valence-corrected chi connectivity index (χ0v) is 13.2. The Balaban J connectivity index is 1.85. The summed E-state index contributed by atoms with van der Waals surface area (Å²) in [4.78, 5) is 12.9. The Morgan fingerprint density at radius 3 is 2.57 bits per heavy atom. The molecule has 0 aliphatic carbocycles. The minimum absolute atomic E-state index is 0.258. The molecule has 1 N–H and O–H groups in total. The monoisotopic (exact) mass is 366 g/mol. The molecule has 108 valence electrons. The minimum atomic E-state index is -0.938. The molecule has 0 fully saturated rings. The number of halogens is 1. The van der Waals surface area contributed by atoms with Crippen LogP contribution in [-0.4, -0.2) is 24.3 Å². The van der Waals surface area contributed by atoms with Crippen LogP contribution in [0, 0.1) is 0 Å². The van der Waals surface area contributed by atoms with Crippen molar-refractivity contribution in [3.8, 4) is 11.5 Å². The third-order valence-electron chi connectivity index (χ3n) is 2.92. The topological polar surface area (TPSA) is 55.8 Å². The fourth-order valence-corrected chi connectivity index (χ4v) is 3.40. The van der Waals surface area contributed by atoms with Crippen LogP contribution in [0.15, 0.2) is 50.7 Å². The average Bonchev–Trinajstić information content (AvgIpc) is 2.49. The molecule has 0 spiro atoms. The van der Waals surface area contributed by atoms with Gasteiger partial charge in [0.15, 0.2) is 11.5 Å². The molecule has 3 rings (SSSR count). The number of fused-ring (bicyclic) bond motifs is 1. The molecule has 1 heterocycles. The summed E-state index contributed by atoms with van der Waals surface area (Å²) < 4.78 is 11.8. The van der Waals surface area contributed by atoms with Crippen molar-refractivity contribution in [3.63, 3.8) is 0 Å². The van der Waals surface area contributed by atoms with Crippen LogP contribution < -0.4 is 9.47 Å². The van der Waals surface area contributed by atoms with Crippen LogP contribution in [0.3, 0.4) is 0 Å². The van der Waals surface area contributed by atoms with Crippen LogP contribution in [0.4, 0.5) is 0 Å². The zero-order chi connectivity index (χ0) is 14.8. The molecule has 0 radical (unpaired) electrons. The van der Waals surface area contributed by atoms with Gasteiger partial charge in [0.05, 0.1) is 5.56 Å². The second-order valence-corrected chi connectivity index (χ2v) is 6.33. The van der Waals surface area contributed by atoms with Crippen LogP contribution in [0.2, 0.25) is 0 Å². The molecule has 2 aromatic rings. The van der Waals surface area contributed by atoms with Gasteiger partial charge < -0.3 is 14.6 Å². The summed E-state index contributed by atoms with van der Waals surface area (Å²) >= 11 is 4.94. The van der Waals surface area contributed by atoms with Crippen molar-refractivity contribution >= 4 is 33.7 Å². The largest absolute Gasteiger partial charge is 0.486 e. The maximum atomic E-state index is 10.9. The van der Waals surface area contributed by atoms with Gasteiger partial charge in [0.25, 0.3) is 0 Å². The molecule has 6 heteroatoms. The van der Waals surface area contributed by atoms with Gasteiger partial charge in [-0.25, -0.2) is 4.79 Å². The van der Waals surface area contributed by atoms with E-state index in [-0.39, 0.29) is 5.56 Å². The lowest BCUT2D eigenvalue weighted by atomic mass is 10.2. The van der Waals surface area contributed by atoms with Gasteiger partial charge in [0.1, 0.15) is 13.2 Å². The van der Waals surface area contributed by atoms with E-state index in [2.05, 4.69) is 15.9 Å². The molecule has 21 heavy (non-hydrogen) atoms. The lowest BCUT2D eigenvalue weighted by Gasteiger charge is -2.18. The summed E-state index contributed by atoms with van der Waals surface area (Å²) in [5, 5.41) is 8.96. The Morgan fingerprint density at radius 1 is 1.10 bits per heavy atom. The van der Waals surface area contributed by atoms with Crippen molar-refractivity contribution in [3.05, 3.63) is 46.4 Å². The van der Waals surface area contributed by atoms with E-state index in [4.69, 9.17) is 14.6 Å². The number of hydrogen-bond donors (Lipinski definition) is 1. The normalized spacial score (nSPS) is 13.0. The number of carbonyl (C=O) groups is 1. The van der Waals surface area contributed by atoms with Crippen molar-refractivity contribution in [1.82, 2.24) is 0 Å².